The molecule has 0 saturated carbocycles. The van der Waals surface area contributed by atoms with Crippen LogP contribution in [0.15, 0.2) is 18.2 Å². The van der Waals surface area contributed by atoms with E-state index in [1.807, 2.05) is 0 Å². The van der Waals surface area contributed by atoms with E-state index >= 15 is 0 Å². The zero-order chi connectivity index (χ0) is 13.1. The van der Waals surface area contributed by atoms with E-state index in [4.69, 9.17) is 5.26 Å². The van der Waals surface area contributed by atoms with Crippen molar-refractivity contribution in [1.82, 2.24) is 4.90 Å². The summed E-state index contributed by atoms with van der Waals surface area (Å²) in [6.45, 7) is 2.31. The first kappa shape index (κ1) is 12.6. The second-order valence-corrected chi connectivity index (χ2v) is 4.62. The predicted molar refractivity (Wildman–Crippen MR) is 65.4 cm³/mol. The molecule has 0 aromatic heterocycles. The first-order valence-corrected chi connectivity index (χ1v) is 6.10. The fourth-order valence-electron chi connectivity index (χ4n) is 2.26. The van der Waals surface area contributed by atoms with Crippen LogP contribution in [-0.4, -0.2) is 23.4 Å². The minimum atomic E-state index is -0.512. The van der Waals surface area contributed by atoms with Crippen molar-refractivity contribution in [2.75, 3.05) is 6.54 Å². The molecule has 2 rings (SSSR count). The van der Waals surface area contributed by atoms with Gasteiger partial charge in [0.25, 0.3) is 5.91 Å². The number of carbonyl (C=O) groups excluding carboxylic acids is 1. The van der Waals surface area contributed by atoms with E-state index in [2.05, 4.69) is 6.07 Å². The molecule has 0 radical (unpaired) electrons. The first-order chi connectivity index (χ1) is 8.63. The number of benzene rings is 1. The smallest absolute Gasteiger partial charge is 0.257 e. The van der Waals surface area contributed by atoms with E-state index in [0.717, 1.165) is 18.4 Å². The molecule has 1 unspecified atom stereocenters. The number of hydrogen-bond acceptors (Lipinski definition) is 2. The van der Waals surface area contributed by atoms with Crippen LogP contribution < -0.4 is 0 Å². The maximum absolute atomic E-state index is 13.8. The van der Waals surface area contributed by atoms with Crippen LogP contribution in [0.4, 0.5) is 4.39 Å². The molecule has 0 spiro atoms. The molecule has 18 heavy (non-hydrogen) atoms. The van der Waals surface area contributed by atoms with E-state index in [9.17, 15) is 9.18 Å². The Morgan fingerprint density at radius 3 is 2.94 bits per heavy atom. The highest BCUT2D eigenvalue weighted by atomic mass is 19.1. The van der Waals surface area contributed by atoms with Crippen molar-refractivity contribution in [1.29, 1.82) is 5.26 Å². The van der Waals surface area contributed by atoms with Gasteiger partial charge in [-0.25, -0.2) is 4.39 Å². The number of nitrogens with zero attached hydrogens (tertiary/aromatic N) is 2. The van der Waals surface area contributed by atoms with Crippen molar-refractivity contribution in [3.05, 3.63) is 35.1 Å². The summed E-state index contributed by atoms with van der Waals surface area (Å²) in [7, 11) is 0. The number of nitriles is 1. The lowest BCUT2D eigenvalue weighted by Gasteiger charge is -2.31. The zero-order valence-electron chi connectivity index (χ0n) is 10.3. The van der Waals surface area contributed by atoms with Crippen LogP contribution in [-0.2, 0) is 0 Å². The summed E-state index contributed by atoms with van der Waals surface area (Å²) in [4.78, 5) is 13.7. The summed E-state index contributed by atoms with van der Waals surface area (Å²) in [6, 6.07) is 6.25. The lowest BCUT2D eigenvalue weighted by molar-refractivity contribution is 0.0666. The maximum Gasteiger partial charge on any atom is 0.257 e. The summed E-state index contributed by atoms with van der Waals surface area (Å²) in [5.41, 5.74) is 0.835. The largest absolute Gasteiger partial charge is 0.323 e. The van der Waals surface area contributed by atoms with E-state index in [1.165, 1.54) is 17.0 Å². The lowest BCUT2D eigenvalue weighted by Crippen LogP contribution is -2.43. The number of likely N-dealkylation sites (tertiary alicyclic amines) is 1. The molecule has 1 atom stereocenters. The molecule has 0 N–H and O–H groups in total. The summed E-state index contributed by atoms with van der Waals surface area (Å²) in [5.74, 6) is -0.888. The van der Waals surface area contributed by atoms with Gasteiger partial charge in [0, 0.05) is 6.54 Å². The highest BCUT2D eigenvalue weighted by molar-refractivity contribution is 5.95. The third kappa shape index (κ3) is 2.35. The topological polar surface area (TPSA) is 44.1 Å². The third-order valence-electron chi connectivity index (χ3n) is 3.27. The molecule has 1 aromatic carbocycles. The first-order valence-electron chi connectivity index (χ1n) is 6.10. The number of amides is 1. The molecule has 1 amide bonds. The maximum atomic E-state index is 13.8. The molecule has 0 aliphatic carbocycles. The monoisotopic (exact) mass is 246 g/mol. The van der Waals surface area contributed by atoms with Crippen molar-refractivity contribution >= 4 is 5.91 Å². The van der Waals surface area contributed by atoms with Gasteiger partial charge in [-0.05, 0) is 43.9 Å². The molecule has 1 heterocycles. The van der Waals surface area contributed by atoms with Crippen LogP contribution in [0.3, 0.4) is 0 Å². The lowest BCUT2D eigenvalue weighted by atomic mass is 10.0. The fourth-order valence-corrected chi connectivity index (χ4v) is 2.26. The number of aryl methyl sites for hydroxylation is 1. The summed E-state index contributed by atoms with van der Waals surface area (Å²) in [6.07, 6.45) is 2.49. The zero-order valence-corrected chi connectivity index (χ0v) is 10.3. The molecule has 4 heteroatoms. The Morgan fingerprint density at radius 1 is 1.50 bits per heavy atom. The van der Waals surface area contributed by atoms with Gasteiger partial charge >= 0.3 is 0 Å². The Kier molecular flexibility index (Phi) is 3.61. The van der Waals surface area contributed by atoms with Crippen LogP contribution >= 0.6 is 0 Å². The van der Waals surface area contributed by atoms with Crippen molar-refractivity contribution in [3.8, 4) is 6.07 Å². The van der Waals surface area contributed by atoms with Crippen LogP contribution in [0.2, 0.25) is 0 Å². The van der Waals surface area contributed by atoms with E-state index in [-0.39, 0.29) is 11.5 Å². The number of halogens is 1. The van der Waals surface area contributed by atoms with Gasteiger partial charge in [-0.2, -0.15) is 5.26 Å². The predicted octanol–water partition coefficient (Wildman–Crippen LogP) is 2.65. The van der Waals surface area contributed by atoms with Gasteiger partial charge < -0.3 is 4.90 Å². The third-order valence-corrected chi connectivity index (χ3v) is 3.27. The van der Waals surface area contributed by atoms with Crippen molar-refractivity contribution in [2.24, 2.45) is 0 Å². The molecular formula is C14H15FN2O. The molecule has 1 aromatic rings. The van der Waals surface area contributed by atoms with Crippen LogP contribution in [0, 0.1) is 24.1 Å². The van der Waals surface area contributed by atoms with Gasteiger partial charge in [-0.3, -0.25) is 4.79 Å². The van der Waals surface area contributed by atoms with Crippen molar-refractivity contribution < 1.29 is 9.18 Å². The van der Waals surface area contributed by atoms with Crippen LogP contribution in [0.1, 0.15) is 35.2 Å². The minimum absolute atomic E-state index is 0.0581. The molecule has 0 bridgehead atoms. The molecule has 1 aliphatic rings. The van der Waals surface area contributed by atoms with Gasteiger partial charge in [0.1, 0.15) is 11.9 Å². The second-order valence-electron chi connectivity index (χ2n) is 4.62. The normalized spacial score (nSPS) is 19.4. The van der Waals surface area contributed by atoms with Gasteiger partial charge in [0.2, 0.25) is 0 Å². The average Bonchev–Trinajstić information content (AvgIpc) is 2.38. The van der Waals surface area contributed by atoms with Gasteiger partial charge in [0.15, 0.2) is 0 Å². The number of carbonyl (C=O) groups is 1. The number of piperidine rings is 1. The molecule has 1 fully saturated rings. The number of hydrogen-bond donors (Lipinski definition) is 0. The second kappa shape index (κ2) is 5.18. The highest BCUT2D eigenvalue weighted by Crippen LogP contribution is 2.20. The van der Waals surface area contributed by atoms with Gasteiger partial charge in [0.05, 0.1) is 11.6 Å². The highest BCUT2D eigenvalue weighted by Gasteiger charge is 2.28. The van der Waals surface area contributed by atoms with Gasteiger partial charge in [-0.15, -0.1) is 0 Å². The van der Waals surface area contributed by atoms with Gasteiger partial charge in [-0.1, -0.05) is 6.07 Å². The minimum Gasteiger partial charge on any atom is -0.323 e. The summed E-state index contributed by atoms with van der Waals surface area (Å²) in [5, 5.41) is 9.03. The fraction of sp³-hybridized carbons (Fsp3) is 0.429. The summed E-state index contributed by atoms with van der Waals surface area (Å²) >= 11 is 0. The Labute approximate surface area is 106 Å². The molecular weight excluding hydrogens is 231 g/mol. The Morgan fingerprint density at radius 2 is 2.28 bits per heavy atom. The average molecular weight is 246 g/mol. The van der Waals surface area contributed by atoms with E-state index in [1.54, 1.807) is 13.0 Å². The Bertz CT molecular complexity index is 507. The van der Waals surface area contributed by atoms with Crippen molar-refractivity contribution in [2.45, 2.75) is 32.2 Å². The molecule has 1 saturated heterocycles. The van der Waals surface area contributed by atoms with Crippen molar-refractivity contribution in [3.63, 3.8) is 0 Å². The quantitative estimate of drug-likeness (QED) is 0.764. The molecule has 3 nitrogen and oxygen atoms in total. The van der Waals surface area contributed by atoms with E-state index in [0.29, 0.717) is 13.0 Å². The number of rotatable bonds is 1. The molecule has 94 valence electrons. The van der Waals surface area contributed by atoms with Crippen LogP contribution in [0.5, 0.6) is 0 Å². The Hall–Kier alpha value is -1.89. The van der Waals surface area contributed by atoms with Crippen LogP contribution in [0.25, 0.3) is 0 Å². The van der Waals surface area contributed by atoms with E-state index < -0.39 is 11.9 Å². The summed E-state index contributed by atoms with van der Waals surface area (Å²) < 4.78 is 13.8. The SMILES string of the molecule is Cc1ccc(C(=O)N2CCCCC2C#N)c(F)c1. The molecule has 1 aliphatic heterocycles. The Balaban J connectivity index is 2.27. The standard InChI is InChI=1S/C14H15FN2O/c1-10-5-6-12(13(15)8-10)14(18)17-7-3-2-4-11(17)9-16/h5-6,8,11H,2-4,7H2,1H3.